The predicted octanol–water partition coefficient (Wildman–Crippen LogP) is 1.44. The molecule has 1 aromatic rings. The summed E-state index contributed by atoms with van der Waals surface area (Å²) in [5.74, 6) is 0.634. The molecule has 2 fully saturated rings. The Morgan fingerprint density at radius 3 is 2.62 bits per heavy atom. The van der Waals surface area contributed by atoms with E-state index in [-0.39, 0.29) is 17.9 Å². The molecule has 1 aliphatic carbocycles. The lowest BCUT2D eigenvalue weighted by Gasteiger charge is -2.29. The smallest absolute Gasteiger partial charge is 0.274 e. The van der Waals surface area contributed by atoms with Gasteiger partial charge in [-0.3, -0.25) is 14.8 Å². The quantitative estimate of drug-likeness (QED) is 0.344. The highest BCUT2D eigenvalue weighted by molar-refractivity contribution is 5.93. The van der Waals surface area contributed by atoms with E-state index >= 15 is 0 Å². The van der Waals surface area contributed by atoms with Gasteiger partial charge < -0.3 is 19.7 Å². The van der Waals surface area contributed by atoms with Crippen LogP contribution < -0.4 is 15.5 Å². The van der Waals surface area contributed by atoms with Gasteiger partial charge in [0.1, 0.15) is 18.5 Å². The number of carbonyl (C=O) groups excluding carboxylic acids is 2. The molecule has 4 atom stereocenters. The summed E-state index contributed by atoms with van der Waals surface area (Å²) in [6.07, 6.45) is 4.38. The van der Waals surface area contributed by atoms with Crippen LogP contribution in [0.4, 0.5) is 0 Å². The van der Waals surface area contributed by atoms with Crippen LogP contribution in [0.15, 0.2) is 24.3 Å². The van der Waals surface area contributed by atoms with Crippen LogP contribution in [0.25, 0.3) is 0 Å². The highest BCUT2D eigenvalue weighted by Crippen LogP contribution is 2.41. The minimum Gasteiger partial charge on any atom is -0.492 e. The lowest BCUT2D eigenvalue weighted by Crippen LogP contribution is -2.43. The first kappa shape index (κ1) is 21.5. The zero-order valence-corrected chi connectivity index (χ0v) is 17.1. The van der Waals surface area contributed by atoms with E-state index in [1.54, 1.807) is 29.7 Å². The van der Waals surface area contributed by atoms with E-state index in [0.717, 1.165) is 19.4 Å². The second-order valence-corrected chi connectivity index (χ2v) is 8.07. The Morgan fingerprint density at radius 2 is 1.93 bits per heavy atom. The fraction of sp³-hybridized carbons (Fsp3) is 0.619. The lowest BCUT2D eigenvalue weighted by atomic mass is 9.78. The van der Waals surface area contributed by atoms with Crippen molar-refractivity contribution in [3.63, 3.8) is 0 Å². The van der Waals surface area contributed by atoms with Crippen LogP contribution >= 0.6 is 0 Å². The third-order valence-electron chi connectivity index (χ3n) is 5.74. The van der Waals surface area contributed by atoms with E-state index < -0.39 is 12.0 Å². The third kappa shape index (κ3) is 5.46. The Kier molecular flexibility index (Phi) is 7.46. The van der Waals surface area contributed by atoms with Crippen LogP contribution in [0.1, 0.15) is 36.0 Å². The molecule has 8 nitrogen and oxygen atoms in total. The molecule has 1 saturated carbocycles. The lowest BCUT2D eigenvalue weighted by molar-refractivity contribution is -0.134. The number of hydroxylamine groups is 1. The number of rotatable bonds is 8. The average molecular weight is 405 g/mol. The van der Waals surface area contributed by atoms with E-state index in [4.69, 9.17) is 14.7 Å². The molecule has 3 N–H and O–H groups in total. The summed E-state index contributed by atoms with van der Waals surface area (Å²) in [6, 6.07) is 6.40. The van der Waals surface area contributed by atoms with Crippen LogP contribution in [0.5, 0.6) is 5.75 Å². The standard InChI is InChI=1S/C21H31N3O5/c1-24(2)13-17-16-5-3-4-6-18(16)29-19(17)21(26)22-11-12-28-15-9-7-14(8-10-15)20(25)23-27/h7-10,16-19,27H,3-6,11-13H2,1-2H3,(H,22,26)(H,23,25)/t16-,17-,18+,19+/m0/s1. The predicted molar refractivity (Wildman–Crippen MR) is 107 cm³/mol. The maximum atomic E-state index is 12.8. The monoisotopic (exact) mass is 405 g/mol. The molecule has 2 amide bonds. The normalized spacial score (nSPS) is 26.1. The van der Waals surface area contributed by atoms with Crippen molar-refractivity contribution in [2.24, 2.45) is 11.8 Å². The minimum atomic E-state index is -0.576. The Bertz CT molecular complexity index is 694. The van der Waals surface area contributed by atoms with Gasteiger partial charge in [0.2, 0.25) is 5.91 Å². The van der Waals surface area contributed by atoms with Crippen molar-refractivity contribution >= 4 is 11.8 Å². The first-order valence-electron chi connectivity index (χ1n) is 10.2. The molecular weight excluding hydrogens is 374 g/mol. The molecule has 29 heavy (non-hydrogen) atoms. The van der Waals surface area contributed by atoms with Crippen molar-refractivity contribution in [3.8, 4) is 5.75 Å². The summed E-state index contributed by atoms with van der Waals surface area (Å²) in [5.41, 5.74) is 1.92. The van der Waals surface area contributed by atoms with Gasteiger partial charge in [-0.2, -0.15) is 0 Å². The van der Waals surface area contributed by atoms with Crippen molar-refractivity contribution in [3.05, 3.63) is 29.8 Å². The fourth-order valence-electron chi connectivity index (χ4n) is 4.42. The summed E-state index contributed by atoms with van der Waals surface area (Å²) < 4.78 is 11.8. The van der Waals surface area contributed by atoms with E-state index in [2.05, 4.69) is 10.2 Å². The van der Waals surface area contributed by atoms with Gasteiger partial charge in [-0.05, 0) is 57.1 Å². The molecule has 8 heteroatoms. The summed E-state index contributed by atoms with van der Waals surface area (Å²) >= 11 is 0. The van der Waals surface area contributed by atoms with Crippen LogP contribution in [0, 0.1) is 11.8 Å². The first-order valence-corrected chi connectivity index (χ1v) is 10.2. The molecule has 0 aromatic heterocycles. The third-order valence-corrected chi connectivity index (χ3v) is 5.74. The largest absolute Gasteiger partial charge is 0.492 e. The molecule has 0 radical (unpaired) electrons. The van der Waals surface area contributed by atoms with E-state index in [1.165, 1.54) is 12.8 Å². The summed E-state index contributed by atoms with van der Waals surface area (Å²) in [5, 5.41) is 11.6. The molecule has 0 spiro atoms. The number of fused-ring (bicyclic) bond motifs is 1. The molecule has 160 valence electrons. The molecule has 2 aliphatic rings. The molecular formula is C21H31N3O5. The van der Waals surface area contributed by atoms with Gasteiger partial charge in [0.25, 0.3) is 5.91 Å². The Balaban J connectivity index is 1.47. The minimum absolute atomic E-state index is 0.0650. The Hall–Kier alpha value is -2.16. The van der Waals surface area contributed by atoms with Crippen molar-refractivity contribution in [2.45, 2.75) is 37.9 Å². The number of hydrogen-bond donors (Lipinski definition) is 3. The van der Waals surface area contributed by atoms with E-state index in [9.17, 15) is 9.59 Å². The second-order valence-electron chi connectivity index (χ2n) is 8.07. The van der Waals surface area contributed by atoms with Gasteiger partial charge >= 0.3 is 0 Å². The van der Waals surface area contributed by atoms with Crippen LogP contribution in [-0.2, 0) is 9.53 Å². The molecule has 0 bridgehead atoms. The second kappa shape index (κ2) is 10.0. The van der Waals surface area contributed by atoms with Crippen molar-refractivity contribution in [1.29, 1.82) is 0 Å². The molecule has 1 aliphatic heterocycles. The van der Waals surface area contributed by atoms with Gasteiger partial charge in [-0.25, -0.2) is 5.48 Å². The zero-order chi connectivity index (χ0) is 20.8. The number of benzene rings is 1. The zero-order valence-electron chi connectivity index (χ0n) is 17.1. The van der Waals surface area contributed by atoms with Gasteiger partial charge in [0.15, 0.2) is 0 Å². The molecule has 1 aromatic carbocycles. The van der Waals surface area contributed by atoms with Crippen LogP contribution in [-0.4, -0.2) is 67.9 Å². The van der Waals surface area contributed by atoms with Gasteiger partial charge in [0.05, 0.1) is 12.6 Å². The first-order chi connectivity index (χ1) is 14.0. The summed E-state index contributed by atoms with van der Waals surface area (Å²) in [6.45, 7) is 1.54. The number of nitrogens with zero attached hydrogens (tertiary/aromatic N) is 1. The van der Waals surface area contributed by atoms with Crippen molar-refractivity contribution in [2.75, 3.05) is 33.8 Å². The van der Waals surface area contributed by atoms with Crippen LogP contribution in [0.3, 0.4) is 0 Å². The maximum Gasteiger partial charge on any atom is 0.274 e. The fourth-order valence-corrected chi connectivity index (χ4v) is 4.42. The SMILES string of the molecule is CN(C)C[C@H]1[C@@H]2CCCC[C@H]2O[C@H]1C(=O)NCCOc1ccc(C(=O)NO)cc1. The van der Waals surface area contributed by atoms with E-state index in [0.29, 0.717) is 30.4 Å². The summed E-state index contributed by atoms with van der Waals surface area (Å²) in [7, 11) is 4.07. The number of carbonyl (C=O) groups is 2. The van der Waals surface area contributed by atoms with Gasteiger partial charge in [-0.15, -0.1) is 0 Å². The van der Waals surface area contributed by atoms with E-state index in [1.807, 2.05) is 14.1 Å². The van der Waals surface area contributed by atoms with Gasteiger partial charge in [0, 0.05) is 18.0 Å². The molecule has 1 heterocycles. The van der Waals surface area contributed by atoms with Crippen LogP contribution in [0.2, 0.25) is 0 Å². The molecule has 3 rings (SSSR count). The number of amides is 2. The topological polar surface area (TPSA) is 100 Å². The molecule has 1 saturated heterocycles. The number of nitrogens with one attached hydrogen (secondary N) is 2. The highest BCUT2D eigenvalue weighted by Gasteiger charge is 2.47. The number of ether oxygens (including phenoxy) is 2. The van der Waals surface area contributed by atoms with Crippen molar-refractivity contribution < 1.29 is 24.3 Å². The molecule has 0 unspecified atom stereocenters. The maximum absolute atomic E-state index is 12.8. The van der Waals surface area contributed by atoms with Gasteiger partial charge in [-0.1, -0.05) is 12.8 Å². The number of hydrogen-bond acceptors (Lipinski definition) is 6. The Labute approximate surface area is 171 Å². The Morgan fingerprint density at radius 1 is 1.21 bits per heavy atom. The summed E-state index contributed by atoms with van der Waals surface area (Å²) in [4.78, 5) is 26.2. The average Bonchev–Trinajstić information content (AvgIpc) is 3.09. The van der Waals surface area contributed by atoms with Crippen molar-refractivity contribution in [1.82, 2.24) is 15.7 Å². The highest BCUT2D eigenvalue weighted by atomic mass is 16.5.